The van der Waals surface area contributed by atoms with E-state index in [0.29, 0.717) is 22.3 Å². The van der Waals surface area contributed by atoms with Crippen LogP contribution in [0.3, 0.4) is 0 Å². The fourth-order valence-electron chi connectivity index (χ4n) is 4.02. The molecular weight excluding hydrogens is 389 g/mol. The SMILES string of the molecule is O=C(c1cnn2c(-c3cnc(N4CCOC4=O)c(F)c3)cccc12)N1CCCCC1. The number of fused-ring (bicyclic) bond motifs is 1. The Morgan fingerprint density at radius 2 is 1.93 bits per heavy atom. The highest BCUT2D eigenvalue weighted by Gasteiger charge is 2.28. The predicted molar refractivity (Wildman–Crippen MR) is 107 cm³/mol. The normalized spacial score (nSPS) is 16.9. The zero-order valence-corrected chi connectivity index (χ0v) is 16.3. The van der Waals surface area contributed by atoms with E-state index in [0.717, 1.165) is 32.4 Å². The number of anilines is 1. The summed E-state index contributed by atoms with van der Waals surface area (Å²) >= 11 is 0. The van der Waals surface area contributed by atoms with E-state index in [2.05, 4.69) is 10.1 Å². The third-order valence-electron chi connectivity index (χ3n) is 5.55. The van der Waals surface area contributed by atoms with Crippen LogP contribution in [0.2, 0.25) is 0 Å². The van der Waals surface area contributed by atoms with Crippen LogP contribution in [-0.2, 0) is 4.74 Å². The smallest absolute Gasteiger partial charge is 0.415 e. The van der Waals surface area contributed by atoms with Crippen LogP contribution < -0.4 is 4.90 Å². The molecule has 2 saturated heterocycles. The van der Waals surface area contributed by atoms with E-state index in [-0.39, 0.29) is 24.9 Å². The molecule has 0 atom stereocenters. The molecule has 8 nitrogen and oxygen atoms in total. The highest BCUT2D eigenvalue weighted by molar-refractivity contribution is 6.01. The van der Waals surface area contributed by atoms with Crippen molar-refractivity contribution in [2.75, 3.05) is 31.1 Å². The fourth-order valence-corrected chi connectivity index (χ4v) is 4.02. The number of amides is 2. The number of hydrogen-bond acceptors (Lipinski definition) is 5. The van der Waals surface area contributed by atoms with E-state index in [1.165, 1.54) is 17.2 Å². The molecule has 2 aliphatic rings. The summed E-state index contributed by atoms with van der Waals surface area (Å²) in [5.41, 5.74) is 2.29. The predicted octanol–water partition coefficient (Wildman–Crippen LogP) is 3.12. The molecule has 0 N–H and O–H groups in total. The Labute approximate surface area is 171 Å². The lowest BCUT2D eigenvalue weighted by molar-refractivity contribution is 0.0726. The second-order valence-corrected chi connectivity index (χ2v) is 7.41. The molecule has 0 spiro atoms. The molecule has 0 bridgehead atoms. The van der Waals surface area contributed by atoms with Crippen molar-refractivity contribution >= 4 is 23.3 Å². The van der Waals surface area contributed by atoms with E-state index in [4.69, 9.17) is 4.74 Å². The third-order valence-corrected chi connectivity index (χ3v) is 5.55. The van der Waals surface area contributed by atoms with Crippen LogP contribution in [0.5, 0.6) is 0 Å². The first-order valence-electron chi connectivity index (χ1n) is 10.00. The van der Waals surface area contributed by atoms with E-state index >= 15 is 0 Å². The monoisotopic (exact) mass is 409 g/mol. The molecule has 5 heterocycles. The van der Waals surface area contributed by atoms with Crippen LogP contribution in [0.1, 0.15) is 29.6 Å². The van der Waals surface area contributed by atoms with Crippen LogP contribution in [0.4, 0.5) is 15.0 Å². The van der Waals surface area contributed by atoms with Gasteiger partial charge in [0.15, 0.2) is 11.6 Å². The van der Waals surface area contributed by atoms with E-state index in [9.17, 15) is 14.0 Å². The molecular formula is C21H20FN5O3. The molecule has 9 heteroatoms. The van der Waals surface area contributed by atoms with Gasteiger partial charge in [0, 0.05) is 24.8 Å². The number of halogens is 1. The summed E-state index contributed by atoms with van der Waals surface area (Å²) in [7, 11) is 0. The molecule has 154 valence electrons. The average Bonchev–Trinajstić information content (AvgIpc) is 3.40. The maximum absolute atomic E-state index is 14.7. The quantitative estimate of drug-likeness (QED) is 0.664. The molecule has 3 aromatic heterocycles. The van der Waals surface area contributed by atoms with Crippen LogP contribution in [0.15, 0.2) is 36.7 Å². The molecule has 5 rings (SSSR count). The van der Waals surface area contributed by atoms with Crippen LogP contribution in [0, 0.1) is 5.82 Å². The number of nitrogens with zero attached hydrogens (tertiary/aromatic N) is 5. The van der Waals surface area contributed by atoms with Crippen LogP contribution in [-0.4, -0.2) is 57.7 Å². The average molecular weight is 409 g/mol. The van der Waals surface area contributed by atoms with Crippen LogP contribution >= 0.6 is 0 Å². The van der Waals surface area contributed by atoms with Gasteiger partial charge in [-0.15, -0.1) is 0 Å². The Kier molecular flexibility index (Phi) is 4.57. The van der Waals surface area contributed by atoms with E-state index in [1.807, 2.05) is 17.0 Å². The van der Waals surface area contributed by atoms with Crippen molar-refractivity contribution in [3.05, 3.63) is 48.0 Å². The molecule has 0 saturated carbocycles. The van der Waals surface area contributed by atoms with Gasteiger partial charge < -0.3 is 9.64 Å². The minimum Gasteiger partial charge on any atom is -0.447 e. The molecule has 0 aliphatic carbocycles. The second-order valence-electron chi connectivity index (χ2n) is 7.41. The fraction of sp³-hybridized carbons (Fsp3) is 0.333. The number of carbonyl (C=O) groups excluding carboxylic acids is 2. The number of pyridine rings is 2. The molecule has 0 unspecified atom stereocenters. The summed E-state index contributed by atoms with van der Waals surface area (Å²) in [4.78, 5) is 31.8. The van der Waals surface area contributed by atoms with Gasteiger partial charge in [0.2, 0.25) is 0 Å². The number of ether oxygens (including phenoxy) is 1. The first-order chi connectivity index (χ1) is 14.6. The number of aromatic nitrogens is 3. The zero-order chi connectivity index (χ0) is 20.7. The van der Waals surface area contributed by atoms with Gasteiger partial charge in [-0.1, -0.05) is 6.07 Å². The summed E-state index contributed by atoms with van der Waals surface area (Å²) in [5.74, 6) is -0.718. The van der Waals surface area contributed by atoms with Gasteiger partial charge in [-0.05, 0) is 37.5 Å². The van der Waals surface area contributed by atoms with E-state index in [1.54, 1.807) is 16.8 Å². The van der Waals surface area contributed by atoms with Crippen molar-refractivity contribution in [2.45, 2.75) is 19.3 Å². The maximum atomic E-state index is 14.7. The van der Waals surface area contributed by atoms with Crippen LogP contribution in [0.25, 0.3) is 16.8 Å². The number of likely N-dealkylation sites (tertiary alicyclic amines) is 1. The van der Waals surface area contributed by atoms with Crippen molar-refractivity contribution in [3.8, 4) is 11.3 Å². The Morgan fingerprint density at radius 3 is 2.67 bits per heavy atom. The number of hydrogen-bond donors (Lipinski definition) is 0. The molecule has 0 aromatic carbocycles. The molecule has 0 radical (unpaired) electrons. The van der Waals surface area contributed by atoms with Gasteiger partial charge in [-0.3, -0.25) is 9.69 Å². The van der Waals surface area contributed by atoms with Crippen molar-refractivity contribution in [1.82, 2.24) is 19.5 Å². The lowest BCUT2D eigenvalue weighted by atomic mass is 10.1. The van der Waals surface area contributed by atoms with Gasteiger partial charge in [0.25, 0.3) is 5.91 Å². The van der Waals surface area contributed by atoms with Gasteiger partial charge >= 0.3 is 6.09 Å². The van der Waals surface area contributed by atoms with Gasteiger partial charge in [-0.2, -0.15) is 5.10 Å². The second kappa shape index (κ2) is 7.40. The Hall–Kier alpha value is -3.49. The summed E-state index contributed by atoms with van der Waals surface area (Å²) in [6, 6.07) is 6.74. The number of carbonyl (C=O) groups is 2. The molecule has 2 amide bonds. The Balaban J connectivity index is 1.51. The summed E-state index contributed by atoms with van der Waals surface area (Å²) < 4.78 is 21.2. The highest BCUT2D eigenvalue weighted by Crippen LogP contribution is 2.27. The van der Waals surface area contributed by atoms with Gasteiger partial charge in [-0.25, -0.2) is 18.7 Å². The summed E-state index contributed by atoms with van der Waals surface area (Å²) in [6.07, 6.45) is 5.62. The first kappa shape index (κ1) is 18.5. The Morgan fingerprint density at radius 1 is 1.10 bits per heavy atom. The molecule has 2 fully saturated rings. The highest BCUT2D eigenvalue weighted by atomic mass is 19.1. The van der Waals surface area contributed by atoms with Crippen molar-refractivity contribution < 1.29 is 18.7 Å². The minimum absolute atomic E-state index is 0.0333. The van der Waals surface area contributed by atoms with Gasteiger partial charge in [0.05, 0.1) is 29.5 Å². The minimum atomic E-state index is -0.625. The topological polar surface area (TPSA) is 80.0 Å². The van der Waals surface area contributed by atoms with Crippen molar-refractivity contribution in [3.63, 3.8) is 0 Å². The summed E-state index contributed by atoms with van der Waals surface area (Å²) in [6.45, 7) is 1.98. The van der Waals surface area contributed by atoms with Crippen molar-refractivity contribution in [1.29, 1.82) is 0 Å². The Bertz CT molecular complexity index is 1140. The first-order valence-corrected chi connectivity index (χ1v) is 10.00. The number of piperidine rings is 1. The van der Waals surface area contributed by atoms with Gasteiger partial charge in [0.1, 0.15) is 6.61 Å². The largest absolute Gasteiger partial charge is 0.447 e. The standard InChI is InChI=1S/C21H20FN5O3/c22-16-11-14(12-23-19(16)26-9-10-30-21(26)29)17-5-4-6-18-15(13-24-27(17)18)20(28)25-7-2-1-3-8-25/h4-6,11-13H,1-3,7-10H2. The lowest BCUT2D eigenvalue weighted by Crippen LogP contribution is -2.35. The lowest BCUT2D eigenvalue weighted by Gasteiger charge is -2.26. The molecule has 2 aliphatic heterocycles. The third kappa shape index (κ3) is 3.06. The summed E-state index contributed by atoms with van der Waals surface area (Å²) in [5, 5.41) is 4.39. The van der Waals surface area contributed by atoms with Crippen molar-refractivity contribution in [2.24, 2.45) is 0 Å². The molecule has 3 aromatic rings. The van der Waals surface area contributed by atoms with E-state index < -0.39 is 11.9 Å². The zero-order valence-electron chi connectivity index (χ0n) is 16.3. The maximum Gasteiger partial charge on any atom is 0.415 e. The number of rotatable bonds is 3. The molecule has 30 heavy (non-hydrogen) atoms. The number of cyclic esters (lactones) is 1.